The lowest BCUT2D eigenvalue weighted by Crippen LogP contribution is -2.09. The minimum atomic E-state index is 0.874. The smallest absolute Gasteiger partial charge is 0.136 e. The Kier molecular flexibility index (Phi) is 7.14. The van der Waals surface area contributed by atoms with Crippen molar-refractivity contribution < 1.29 is 4.42 Å². The summed E-state index contributed by atoms with van der Waals surface area (Å²) in [4.78, 5) is 6.73. The van der Waals surface area contributed by atoms with Crippen molar-refractivity contribution in [2.45, 2.75) is 0 Å². The van der Waals surface area contributed by atoms with Gasteiger partial charge in [-0.1, -0.05) is 121 Å². The molecule has 0 aliphatic heterocycles. The van der Waals surface area contributed by atoms with Crippen LogP contribution in [-0.2, 0) is 0 Å². The molecule has 0 amide bonds. The summed E-state index contributed by atoms with van der Waals surface area (Å²) >= 11 is 0. The first-order valence-electron chi connectivity index (χ1n) is 17.6. The number of anilines is 3. The second-order valence-electron chi connectivity index (χ2n) is 13.2. The third-order valence-corrected chi connectivity index (χ3v) is 10.1. The highest BCUT2D eigenvalue weighted by Crippen LogP contribution is 2.44. The molecule has 0 bridgehead atoms. The first-order valence-corrected chi connectivity index (χ1v) is 17.6. The quantitative estimate of drug-likeness (QED) is 0.177. The Hall–Kier alpha value is -6.97. The molecule has 244 valence electrons. The van der Waals surface area contributed by atoms with Gasteiger partial charge in [0.25, 0.3) is 0 Å². The van der Waals surface area contributed by atoms with Crippen molar-refractivity contribution >= 4 is 60.5 Å². The van der Waals surface area contributed by atoms with E-state index in [9.17, 15) is 0 Å². The van der Waals surface area contributed by atoms with E-state index in [-0.39, 0.29) is 0 Å². The molecule has 0 radical (unpaired) electrons. The van der Waals surface area contributed by atoms with E-state index in [1.807, 2.05) is 18.5 Å². The number of aromatic nitrogens is 1. The van der Waals surface area contributed by atoms with Gasteiger partial charge in [0, 0.05) is 45.8 Å². The molecular formula is C49H32N2O. The fourth-order valence-corrected chi connectivity index (χ4v) is 7.68. The zero-order valence-electron chi connectivity index (χ0n) is 28.3. The van der Waals surface area contributed by atoms with Crippen molar-refractivity contribution in [3.05, 3.63) is 194 Å². The molecule has 0 aliphatic carbocycles. The number of pyridine rings is 1. The highest BCUT2D eigenvalue weighted by Gasteiger charge is 2.19. The van der Waals surface area contributed by atoms with E-state index in [2.05, 4.69) is 186 Å². The van der Waals surface area contributed by atoms with Crippen LogP contribution in [0.2, 0.25) is 0 Å². The Bertz CT molecular complexity index is 2880. The van der Waals surface area contributed by atoms with Gasteiger partial charge in [0.1, 0.15) is 11.2 Å². The number of furan rings is 1. The molecule has 0 saturated heterocycles. The van der Waals surface area contributed by atoms with E-state index in [4.69, 9.17) is 4.42 Å². The van der Waals surface area contributed by atoms with Crippen molar-refractivity contribution in [1.29, 1.82) is 0 Å². The number of para-hydroxylation sites is 1. The van der Waals surface area contributed by atoms with E-state index in [1.165, 1.54) is 32.7 Å². The maximum atomic E-state index is 6.60. The molecule has 0 spiro atoms. The summed E-state index contributed by atoms with van der Waals surface area (Å²) in [5, 5.41) is 7.03. The molecule has 2 heterocycles. The predicted octanol–water partition coefficient (Wildman–Crippen LogP) is 13.8. The molecular weight excluding hydrogens is 633 g/mol. The summed E-state index contributed by atoms with van der Waals surface area (Å²) in [5.41, 5.74) is 12.0. The highest BCUT2D eigenvalue weighted by atomic mass is 16.3. The van der Waals surface area contributed by atoms with Gasteiger partial charge in [-0.25, -0.2) is 0 Å². The number of benzene rings is 8. The van der Waals surface area contributed by atoms with Gasteiger partial charge >= 0.3 is 0 Å². The van der Waals surface area contributed by atoms with Crippen molar-refractivity contribution in [1.82, 2.24) is 4.98 Å². The van der Waals surface area contributed by atoms with Crippen LogP contribution < -0.4 is 4.90 Å². The third kappa shape index (κ3) is 5.10. The van der Waals surface area contributed by atoms with Gasteiger partial charge in [0.2, 0.25) is 0 Å². The second-order valence-corrected chi connectivity index (χ2v) is 13.2. The molecule has 3 nitrogen and oxygen atoms in total. The maximum absolute atomic E-state index is 6.60. The Morgan fingerprint density at radius 3 is 1.87 bits per heavy atom. The number of fused-ring (bicyclic) bond motifs is 6. The SMILES string of the molecule is c1ccc(-c2ccc3cc(N(c4ccccc4)c4ccc(-c5cc6oc7cccc(-c8cccnc8)c7c6c6ccccc56)cc4)ccc3c2)cc1. The molecule has 0 aliphatic rings. The van der Waals surface area contributed by atoms with E-state index in [0.29, 0.717) is 0 Å². The number of hydrogen-bond donors (Lipinski definition) is 0. The second kappa shape index (κ2) is 12.4. The molecule has 0 saturated carbocycles. The number of nitrogens with zero attached hydrogens (tertiary/aromatic N) is 2. The zero-order valence-corrected chi connectivity index (χ0v) is 28.3. The summed E-state index contributed by atoms with van der Waals surface area (Å²) in [7, 11) is 0. The van der Waals surface area contributed by atoms with Crippen molar-refractivity contribution in [3.63, 3.8) is 0 Å². The van der Waals surface area contributed by atoms with Gasteiger partial charge < -0.3 is 9.32 Å². The van der Waals surface area contributed by atoms with E-state index in [0.717, 1.165) is 61.3 Å². The lowest BCUT2D eigenvalue weighted by Gasteiger charge is -2.26. The van der Waals surface area contributed by atoms with Crippen molar-refractivity contribution in [2.24, 2.45) is 0 Å². The first-order chi connectivity index (χ1) is 25.8. The van der Waals surface area contributed by atoms with Crippen LogP contribution in [-0.4, -0.2) is 4.98 Å². The van der Waals surface area contributed by atoms with Gasteiger partial charge in [0.15, 0.2) is 0 Å². The fourth-order valence-electron chi connectivity index (χ4n) is 7.68. The number of rotatable bonds is 6. The average molecular weight is 665 g/mol. The predicted molar refractivity (Wildman–Crippen MR) is 218 cm³/mol. The molecule has 0 unspecified atom stereocenters. The fraction of sp³-hybridized carbons (Fsp3) is 0. The van der Waals surface area contributed by atoms with Crippen LogP contribution in [0.4, 0.5) is 17.1 Å². The summed E-state index contributed by atoms with van der Waals surface area (Å²) in [6.07, 6.45) is 3.73. The Labute approximate surface area is 301 Å². The van der Waals surface area contributed by atoms with Crippen LogP contribution >= 0.6 is 0 Å². The van der Waals surface area contributed by atoms with Gasteiger partial charge in [-0.3, -0.25) is 4.98 Å². The zero-order chi connectivity index (χ0) is 34.4. The average Bonchev–Trinajstić information content (AvgIpc) is 3.61. The van der Waals surface area contributed by atoms with Gasteiger partial charge in [-0.15, -0.1) is 0 Å². The van der Waals surface area contributed by atoms with Gasteiger partial charge in [-0.2, -0.15) is 0 Å². The van der Waals surface area contributed by atoms with Crippen molar-refractivity contribution in [2.75, 3.05) is 4.90 Å². The Morgan fingerprint density at radius 1 is 0.385 bits per heavy atom. The molecule has 10 aromatic rings. The summed E-state index contributed by atoms with van der Waals surface area (Å²) in [5.74, 6) is 0. The monoisotopic (exact) mass is 664 g/mol. The lowest BCUT2D eigenvalue weighted by molar-refractivity contribution is 0.669. The van der Waals surface area contributed by atoms with Crippen LogP contribution in [0.15, 0.2) is 199 Å². The Morgan fingerprint density at radius 2 is 1.06 bits per heavy atom. The minimum absolute atomic E-state index is 0.874. The summed E-state index contributed by atoms with van der Waals surface area (Å²) < 4.78 is 6.60. The van der Waals surface area contributed by atoms with E-state index < -0.39 is 0 Å². The van der Waals surface area contributed by atoms with Crippen LogP contribution in [0, 0.1) is 0 Å². The molecule has 3 heteroatoms. The lowest BCUT2D eigenvalue weighted by atomic mass is 9.93. The Balaban J connectivity index is 1.08. The standard InChI is InChI=1S/C49H32N2O/c1-3-11-33(12-4-1)35-20-21-37-30-41(27-24-36(37)29-35)51(39-14-5-2-6-15-39)40-25-22-34(23-26-40)45-31-47-49(44-17-8-7-16-43(44)45)48-42(18-9-19-46(48)52-47)38-13-10-28-50-32-38/h1-32H. The molecule has 8 aromatic carbocycles. The minimum Gasteiger partial charge on any atom is -0.456 e. The largest absolute Gasteiger partial charge is 0.456 e. The van der Waals surface area contributed by atoms with Crippen LogP contribution in [0.1, 0.15) is 0 Å². The van der Waals surface area contributed by atoms with Crippen LogP contribution in [0.25, 0.3) is 76.9 Å². The van der Waals surface area contributed by atoms with Gasteiger partial charge in [0.05, 0.1) is 0 Å². The van der Waals surface area contributed by atoms with Gasteiger partial charge in [-0.05, 0) is 110 Å². The molecule has 0 fully saturated rings. The topological polar surface area (TPSA) is 29.3 Å². The molecule has 52 heavy (non-hydrogen) atoms. The normalized spacial score (nSPS) is 11.5. The third-order valence-electron chi connectivity index (χ3n) is 10.1. The number of hydrogen-bond acceptors (Lipinski definition) is 3. The molecule has 0 N–H and O–H groups in total. The van der Waals surface area contributed by atoms with E-state index in [1.54, 1.807) is 0 Å². The molecule has 0 atom stereocenters. The van der Waals surface area contributed by atoms with Crippen molar-refractivity contribution in [3.8, 4) is 33.4 Å². The first kappa shape index (κ1) is 29.9. The molecule has 2 aromatic heterocycles. The molecule has 10 rings (SSSR count). The van der Waals surface area contributed by atoms with Crippen LogP contribution in [0.5, 0.6) is 0 Å². The summed E-state index contributed by atoms with van der Waals surface area (Å²) in [6.45, 7) is 0. The van der Waals surface area contributed by atoms with Crippen LogP contribution in [0.3, 0.4) is 0 Å². The van der Waals surface area contributed by atoms with E-state index >= 15 is 0 Å². The summed E-state index contributed by atoms with van der Waals surface area (Å²) in [6, 6.07) is 64.8. The maximum Gasteiger partial charge on any atom is 0.136 e. The highest BCUT2D eigenvalue weighted by molar-refractivity contribution is 6.25.